The van der Waals surface area contributed by atoms with Crippen LogP contribution >= 0.6 is 15.9 Å². The van der Waals surface area contributed by atoms with Crippen molar-refractivity contribution in [3.05, 3.63) is 28.0 Å². The van der Waals surface area contributed by atoms with Gasteiger partial charge < -0.3 is 10.2 Å². The highest BCUT2D eigenvalue weighted by Crippen LogP contribution is 2.36. The van der Waals surface area contributed by atoms with E-state index in [2.05, 4.69) is 21.2 Å². The number of anilines is 1. The Morgan fingerprint density at radius 3 is 2.70 bits per heavy atom. The van der Waals surface area contributed by atoms with Crippen molar-refractivity contribution >= 4 is 33.4 Å². The molecule has 1 unspecified atom stereocenters. The Balaban J connectivity index is 1.97. The third-order valence-corrected chi connectivity index (χ3v) is 4.38. The number of benzene rings is 1. The Morgan fingerprint density at radius 2 is 2.05 bits per heavy atom. The first kappa shape index (κ1) is 13.5. The van der Waals surface area contributed by atoms with Gasteiger partial charge in [-0.05, 0) is 59.3 Å². The summed E-state index contributed by atoms with van der Waals surface area (Å²) in [6.07, 6.45) is 1.94. The van der Waals surface area contributed by atoms with Gasteiger partial charge in [-0.3, -0.25) is 9.59 Å². The molecule has 0 radical (unpaired) electrons. The minimum absolute atomic E-state index is 0.0129. The molecule has 106 valence electrons. The molecular formula is C14H14BrFN2O2. The van der Waals surface area contributed by atoms with Gasteiger partial charge in [-0.2, -0.15) is 0 Å². The maximum absolute atomic E-state index is 13.5. The van der Waals surface area contributed by atoms with Crippen LogP contribution in [0.4, 0.5) is 10.1 Å². The van der Waals surface area contributed by atoms with Gasteiger partial charge in [0.15, 0.2) is 0 Å². The highest BCUT2D eigenvalue weighted by molar-refractivity contribution is 9.10. The summed E-state index contributed by atoms with van der Waals surface area (Å²) in [6, 6.07) is 2.50. The van der Waals surface area contributed by atoms with Gasteiger partial charge in [0.05, 0.1) is 4.47 Å². The van der Waals surface area contributed by atoms with E-state index in [4.69, 9.17) is 0 Å². The van der Waals surface area contributed by atoms with E-state index >= 15 is 0 Å². The summed E-state index contributed by atoms with van der Waals surface area (Å²) in [5.41, 5.74) is 1.23. The number of piperazine rings is 1. The SMILES string of the molecule is Cc1cc(F)c(Br)cc1N1CC(=O)NC(C2CC2)C1=O. The molecule has 1 saturated carbocycles. The molecule has 0 spiro atoms. The molecule has 20 heavy (non-hydrogen) atoms. The molecule has 1 N–H and O–H groups in total. The van der Waals surface area contributed by atoms with Crippen molar-refractivity contribution < 1.29 is 14.0 Å². The number of aryl methyl sites for hydroxylation is 1. The molecule has 1 saturated heterocycles. The summed E-state index contributed by atoms with van der Waals surface area (Å²) in [6.45, 7) is 1.72. The zero-order chi connectivity index (χ0) is 14.4. The van der Waals surface area contributed by atoms with Crippen LogP contribution in [0.2, 0.25) is 0 Å². The van der Waals surface area contributed by atoms with Crippen molar-refractivity contribution in [1.29, 1.82) is 0 Å². The number of carbonyl (C=O) groups excluding carboxylic acids is 2. The normalized spacial score (nSPS) is 22.9. The average Bonchev–Trinajstić information content (AvgIpc) is 3.21. The Bertz CT molecular complexity index is 601. The smallest absolute Gasteiger partial charge is 0.250 e. The van der Waals surface area contributed by atoms with Crippen LogP contribution in [-0.2, 0) is 9.59 Å². The first-order chi connectivity index (χ1) is 9.47. The zero-order valence-corrected chi connectivity index (χ0v) is 12.5. The van der Waals surface area contributed by atoms with E-state index in [-0.39, 0.29) is 30.1 Å². The van der Waals surface area contributed by atoms with Gasteiger partial charge in [-0.25, -0.2) is 4.39 Å². The maximum atomic E-state index is 13.5. The van der Waals surface area contributed by atoms with E-state index in [1.54, 1.807) is 13.0 Å². The second-order valence-electron chi connectivity index (χ2n) is 5.36. The third kappa shape index (κ3) is 2.32. The molecule has 2 amide bonds. The largest absolute Gasteiger partial charge is 0.342 e. The lowest BCUT2D eigenvalue weighted by atomic mass is 10.1. The lowest BCUT2D eigenvalue weighted by Gasteiger charge is -2.33. The van der Waals surface area contributed by atoms with Crippen molar-refractivity contribution in [2.45, 2.75) is 25.8 Å². The molecule has 0 aromatic heterocycles. The highest BCUT2D eigenvalue weighted by atomic mass is 79.9. The molecule has 0 bridgehead atoms. The number of hydrogen-bond acceptors (Lipinski definition) is 2. The Kier molecular flexibility index (Phi) is 3.28. The molecule has 1 aromatic carbocycles. The van der Waals surface area contributed by atoms with Gasteiger partial charge in [0.2, 0.25) is 11.8 Å². The van der Waals surface area contributed by atoms with Gasteiger partial charge >= 0.3 is 0 Å². The monoisotopic (exact) mass is 340 g/mol. The maximum Gasteiger partial charge on any atom is 0.250 e. The lowest BCUT2D eigenvalue weighted by Crippen LogP contribution is -2.59. The standard InChI is InChI=1S/C14H14BrFN2O2/c1-7-4-10(16)9(15)5-11(7)18-6-12(19)17-13(14(18)20)8-2-3-8/h4-5,8,13H,2-3,6H2,1H3,(H,17,19). The van der Waals surface area contributed by atoms with Gasteiger partial charge in [-0.15, -0.1) is 0 Å². The number of nitrogens with zero attached hydrogens (tertiary/aromatic N) is 1. The fourth-order valence-electron chi connectivity index (χ4n) is 2.55. The third-order valence-electron chi connectivity index (χ3n) is 3.77. The lowest BCUT2D eigenvalue weighted by molar-refractivity contribution is -0.131. The summed E-state index contributed by atoms with van der Waals surface area (Å²) >= 11 is 3.12. The molecule has 1 aliphatic heterocycles. The number of halogens is 2. The Labute approximate surface area is 124 Å². The predicted octanol–water partition coefficient (Wildman–Crippen LogP) is 2.14. The highest BCUT2D eigenvalue weighted by Gasteiger charge is 2.43. The quantitative estimate of drug-likeness (QED) is 0.896. The number of nitrogens with one attached hydrogen (secondary N) is 1. The first-order valence-electron chi connectivity index (χ1n) is 6.54. The predicted molar refractivity (Wildman–Crippen MR) is 75.8 cm³/mol. The zero-order valence-electron chi connectivity index (χ0n) is 11.0. The summed E-state index contributed by atoms with van der Waals surface area (Å²) in [7, 11) is 0. The molecule has 1 aromatic rings. The molecule has 1 atom stereocenters. The van der Waals surface area contributed by atoms with E-state index in [1.807, 2.05) is 0 Å². The van der Waals surface area contributed by atoms with Crippen molar-refractivity contribution in [3.8, 4) is 0 Å². The van der Waals surface area contributed by atoms with Gasteiger partial charge in [0.1, 0.15) is 18.4 Å². The van der Waals surface area contributed by atoms with Crippen LogP contribution < -0.4 is 10.2 Å². The molecular weight excluding hydrogens is 327 g/mol. The fraction of sp³-hybridized carbons (Fsp3) is 0.429. The van der Waals surface area contributed by atoms with Gasteiger partial charge in [0, 0.05) is 5.69 Å². The van der Waals surface area contributed by atoms with Crippen LogP contribution in [0.5, 0.6) is 0 Å². The van der Waals surface area contributed by atoms with E-state index in [1.165, 1.54) is 11.0 Å². The van der Waals surface area contributed by atoms with E-state index in [0.29, 0.717) is 15.7 Å². The second-order valence-corrected chi connectivity index (χ2v) is 6.21. The van der Waals surface area contributed by atoms with E-state index in [0.717, 1.165) is 12.8 Å². The molecule has 6 heteroatoms. The average molecular weight is 341 g/mol. The molecule has 3 rings (SSSR count). The summed E-state index contributed by atoms with van der Waals surface area (Å²) in [5, 5.41) is 2.76. The minimum Gasteiger partial charge on any atom is -0.342 e. The van der Waals surface area contributed by atoms with Crippen LogP contribution in [0.25, 0.3) is 0 Å². The summed E-state index contributed by atoms with van der Waals surface area (Å²) < 4.78 is 13.8. The molecule has 2 fully saturated rings. The van der Waals surface area contributed by atoms with Gasteiger partial charge in [0.25, 0.3) is 0 Å². The summed E-state index contributed by atoms with van der Waals surface area (Å²) in [5.74, 6) is -0.396. The fourth-order valence-corrected chi connectivity index (χ4v) is 2.88. The topological polar surface area (TPSA) is 49.4 Å². The number of carbonyl (C=O) groups is 2. The van der Waals surface area contributed by atoms with Crippen molar-refractivity contribution in [2.24, 2.45) is 5.92 Å². The van der Waals surface area contributed by atoms with Crippen LogP contribution in [0.3, 0.4) is 0 Å². The summed E-state index contributed by atoms with van der Waals surface area (Å²) in [4.78, 5) is 25.8. The Morgan fingerprint density at radius 1 is 1.35 bits per heavy atom. The van der Waals surface area contributed by atoms with E-state index < -0.39 is 6.04 Å². The van der Waals surface area contributed by atoms with Crippen molar-refractivity contribution in [2.75, 3.05) is 11.4 Å². The van der Waals surface area contributed by atoms with Crippen molar-refractivity contribution in [3.63, 3.8) is 0 Å². The minimum atomic E-state index is -0.431. The van der Waals surface area contributed by atoms with Crippen molar-refractivity contribution in [1.82, 2.24) is 5.32 Å². The number of hydrogen-bond donors (Lipinski definition) is 1. The molecule has 4 nitrogen and oxygen atoms in total. The number of amides is 2. The number of rotatable bonds is 2. The van der Waals surface area contributed by atoms with Crippen LogP contribution in [-0.4, -0.2) is 24.4 Å². The van der Waals surface area contributed by atoms with Crippen LogP contribution in [0.15, 0.2) is 16.6 Å². The van der Waals surface area contributed by atoms with E-state index in [9.17, 15) is 14.0 Å². The van der Waals surface area contributed by atoms with Gasteiger partial charge in [-0.1, -0.05) is 0 Å². The molecule has 1 heterocycles. The van der Waals surface area contributed by atoms with Crippen LogP contribution in [0.1, 0.15) is 18.4 Å². The molecule has 1 aliphatic carbocycles. The van der Waals surface area contributed by atoms with Crippen LogP contribution in [0, 0.1) is 18.7 Å². The Hall–Kier alpha value is -1.43. The second kappa shape index (κ2) is 4.84. The first-order valence-corrected chi connectivity index (χ1v) is 7.33. The molecule has 2 aliphatic rings.